The van der Waals surface area contributed by atoms with Crippen molar-refractivity contribution in [1.29, 1.82) is 0 Å². The number of hydrogen-bond donors (Lipinski definition) is 2. The van der Waals surface area contributed by atoms with E-state index in [4.69, 9.17) is 0 Å². The minimum atomic E-state index is 0.102. The van der Waals surface area contributed by atoms with Gasteiger partial charge < -0.3 is 5.32 Å². The van der Waals surface area contributed by atoms with Gasteiger partial charge in [-0.25, -0.2) is 0 Å². The Morgan fingerprint density at radius 2 is 2.29 bits per heavy atom. The van der Waals surface area contributed by atoms with E-state index in [2.05, 4.69) is 10.4 Å². The molecule has 78 valence electrons. The van der Waals surface area contributed by atoms with E-state index in [1.165, 1.54) is 12.8 Å². The van der Waals surface area contributed by atoms with Gasteiger partial charge in [-0.2, -0.15) is 0 Å². The highest BCUT2D eigenvalue weighted by molar-refractivity contribution is 5.20. The largest absolute Gasteiger partial charge is 0.316 e. The molecule has 1 atom stereocenters. The summed E-state index contributed by atoms with van der Waals surface area (Å²) in [6.07, 6.45) is 2.37. The molecule has 1 aromatic rings. The maximum absolute atomic E-state index is 11.5. The van der Waals surface area contributed by atoms with Crippen LogP contribution in [0.15, 0.2) is 4.79 Å². The molecule has 1 unspecified atom stereocenters. The van der Waals surface area contributed by atoms with Gasteiger partial charge in [-0.05, 0) is 26.3 Å². The van der Waals surface area contributed by atoms with Gasteiger partial charge in [0.1, 0.15) is 0 Å². The van der Waals surface area contributed by atoms with Gasteiger partial charge in [0.05, 0.1) is 0 Å². The molecule has 0 aromatic carbocycles. The second-order valence-corrected chi connectivity index (χ2v) is 4.06. The van der Waals surface area contributed by atoms with Crippen LogP contribution in [0, 0.1) is 6.92 Å². The Bertz CT molecular complexity index is 371. The number of H-pyrrole nitrogens is 1. The lowest BCUT2D eigenvalue weighted by molar-refractivity contribution is 0.450. The summed E-state index contributed by atoms with van der Waals surface area (Å²) in [4.78, 5) is 11.5. The Balaban J connectivity index is 2.31. The fourth-order valence-electron chi connectivity index (χ4n) is 2.18. The van der Waals surface area contributed by atoms with Crippen LogP contribution < -0.4 is 10.9 Å². The molecular weight excluding hydrogens is 178 g/mol. The highest BCUT2D eigenvalue weighted by Crippen LogP contribution is 2.22. The lowest BCUT2D eigenvalue weighted by atomic mass is 9.94. The summed E-state index contributed by atoms with van der Waals surface area (Å²) in [7, 11) is 1.77. The summed E-state index contributed by atoms with van der Waals surface area (Å²) in [5.41, 5.74) is 2.09. The van der Waals surface area contributed by atoms with Crippen LogP contribution in [0.5, 0.6) is 0 Å². The molecule has 0 aliphatic carbocycles. The normalized spacial score (nSPS) is 22.6. The molecule has 1 saturated heterocycles. The molecule has 2 N–H and O–H groups in total. The summed E-state index contributed by atoms with van der Waals surface area (Å²) in [6, 6.07) is 0. The fraction of sp³-hybridized carbons (Fsp3) is 0.700. The highest BCUT2D eigenvalue weighted by atomic mass is 16.1. The molecule has 4 nitrogen and oxygen atoms in total. The molecule has 0 saturated carbocycles. The summed E-state index contributed by atoms with van der Waals surface area (Å²) in [5, 5.41) is 6.50. The van der Waals surface area contributed by atoms with Gasteiger partial charge in [-0.1, -0.05) is 0 Å². The van der Waals surface area contributed by atoms with Crippen LogP contribution in [-0.4, -0.2) is 22.9 Å². The number of hydrogen-bond acceptors (Lipinski definition) is 2. The van der Waals surface area contributed by atoms with Crippen molar-refractivity contribution in [3.05, 3.63) is 21.6 Å². The molecule has 0 bridgehead atoms. The smallest absolute Gasteiger partial charge is 0.269 e. The Morgan fingerprint density at radius 1 is 1.50 bits per heavy atom. The average molecular weight is 195 g/mol. The monoisotopic (exact) mass is 195 g/mol. The van der Waals surface area contributed by atoms with Crippen molar-refractivity contribution in [3.8, 4) is 0 Å². The molecule has 4 heteroatoms. The van der Waals surface area contributed by atoms with Crippen LogP contribution in [0.4, 0.5) is 0 Å². The highest BCUT2D eigenvalue weighted by Gasteiger charge is 2.20. The van der Waals surface area contributed by atoms with E-state index >= 15 is 0 Å². The van der Waals surface area contributed by atoms with Crippen LogP contribution in [-0.2, 0) is 7.05 Å². The van der Waals surface area contributed by atoms with Crippen LogP contribution in [0.3, 0.4) is 0 Å². The van der Waals surface area contributed by atoms with E-state index in [9.17, 15) is 4.79 Å². The van der Waals surface area contributed by atoms with Crippen molar-refractivity contribution in [3.63, 3.8) is 0 Å². The van der Waals surface area contributed by atoms with Crippen molar-refractivity contribution in [2.75, 3.05) is 13.1 Å². The first-order chi connectivity index (χ1) is 6.70. The van der Waals surface area contributed by atoms with Gasteiger partial charge in [0.15, 0.2) is 0 Å². The van der Waals surface area contributed by atoms with Crippen molar-refractivity contribution in [2.24, 2.45) is 7.05 Å². The summed E-state index contributed by atoms with van der Waals surface area (Å²) >= 11 is 0. The van der Waals surface area contributed by atoms with Crippen molar-refractivity contribution in [2.45, 2.75) is 25.7 Å². The Kier molecular flexibility index (Phi) is 2.46. The van der Waals surface area contributed by atoms with Gasteiger partial charge in [-0.15, -0.1) is 0 Å². The van der Waals surface area contributed by atoms with Gasteiger partial charge in [0.25, 0.3) is 5.56 Å². The predicted molar refractivity (Wildman–Crippen MR) is 55.6 cm³/mol. The zero-order valence-corrected chi connectivity index (χ0v) is 8.76. The minimum Gasteiger partial charge on any atom is -0.316 e. The van der Waals surface area contributed by atoms with Crippen molar-refractivity contribution < 1.29 is 0 Å². The first-order valence-corrected chi connectivity index (χ1v) is 5.16. The van der Waals surface area contributed by atoms with Crippen LogP contribution in [0.1, 0.15) is 30.0 Å². The van der Waals surface area contributed by atoms with Gasteiger partial charge >= 0.3 is 0 Å². The standard InChI is InChI=1S/C10H17N3O/c1-7-9(12-13(2)10(7)14)8-4-3-5-11-6-8/h8,11-12H,3-6H2,1-2H3. The third kappa shape index (κ3) is 1.50. The topological polar surface area (TPSA) is 49.8 Å². The molecule has 1 aromatic heterocycles. The molecule has 2 rings (SSSR count). The van der Waals surface area contributed by atoms with E-state index in [0.717, 1.165) is 24.3 Å². The zero-order valence-electron chi connectivity index (χ0n) is 8.76. The molecule has 14 heavy (non-hydrogen) atoms. The maximum Gasteiger partial charge on any atom is 0.269 e. The molecule has 0 spiro atoms. The molecule has 2 heterocycles. The second-order valence-electron chi connectivity index (χ2n) is 4.06. The number of aromatic amines is 1. The fourth-order valence-corrected chi connectivity index (χ4v) is 2.18. The van der Waals surface area contributed by atoms with Gasteiger partial charge in [0.2, 0.25) is 0 Å². The first kappa shape index (κ1) is 9.52. The summed E-state index contributed by atoms with van der Waals surface area (Å²) < 4.78 is 1.57. The van der Waals surface area contributed by atoms with Crippen molar-refractivity contribution >= 4 is 0 Å². The van der Waals surface area contributed by atoms with Crippen LogP contribution in [0.25, 0.3) is 0 Å². The third-order valence-corrected chi connectivity index (χ3v) is 3.02. The third-order valence-electron chi connectivity index (χ3n) is 3.02. The molecule has 1 aliphatic heterocycles. The zero-order chi connectivity index (χ0) is 10.1. The van der Waals surface area contributed by atoms with Crippen LogP contribution in [0.2, 0.25) is 0 Å². The van der Waals surface area contributed by atoms with E-state index in [0.29, 0.717) is 5.92 Å². The molecular formula is C10H17N3O. The SMILES string of the molecule is Cc1c(C2CCCNC2)[nH]n(C)c1=O. The maximum atomic E-state index is 11.5. The Hall–Kier alpha value is -1.03. The lowest BCUT2D eigenvalue weighted by Gasteiger charge is -2.22. The second kappa shape index (κ2) is 3.61. The minimum absolute atomic E-state index is 0.102. The van der Waals surface area contributed by atoms with E-state index in [1.807, 2.05) is 6.92 Å². The number of nitrogens with one attached hydrogen (secondary N) is 2. The van der Waals surface area contributed by atoms with E-state index < -0.39 is 0 Å². The number of rotatable bonds is 1. The van der Waals surface area contributed by atoms with E-state index in [-0.39, 0.29) is 5.56 Å². The molecule has 1 aliphatic rings. The Labute approximate surface area is 83.3 Å². The van der Waals surface area contributed by atoms with Crippen molar-refractivity contribution in [1.82, 2.24) is 15.1 Å². The van der Waals surface area contributed by atoms with Crippen LogP contribution >= 0.6 is 0 Å². The molecule has 0 amide bonds. The summed E-state index contributed by atoms with van der Waals surface area (Å²) in [6.45, 7) is 4.00. The predicted octanol–water partition coefficient (Wildman–Crippen LogP) is 0.489. The number of piperidine rings is 1. The number of aromatic nitrogens is 2. The molecule has 0 radical (unpaired) electrons. The van der Waals surface area contributed by atoms with E-state index in [1.54, 1.807) is 11.7 Å². The van der Waals surface area contributed by atoms with Gasteiger partial charge in [0, 0.05) is 30.8 Å². The quantitative estimate of drug-likeness (QED) is 0.685. The summed E-state index contributed by atoms with van der Waals surface area (Å²) in [5.74, 6) is 0.484. The molecule has 1 fully saturated rings. The number of nitrogens with zero attached hydrogens (tertiary/aromatic N) is 1. The van der Waals surface area contributed by atoms with Gasteiger partial charge in [-0.3, -0.25) is 14.6 Å². The first-order valence-electron chi connectivity index (χ1n) is 5.16. The lowest BCUT2D eigenvalue weighted by Crippen LogP contribution is -2.29. The number of aryl methyl sites for hydroxylation is 1. The Morgan fingerprint density at radius 3 is 2.79 bits per heavy atom. The average Bonchev–Trinajstić information content (AvgIpc) is 2.47.